The van der Waals surface area contributed by atoms with Crippen LogP contribution in [0, 0.1) is 11.7 Å². The number of fused-ring (bicyclic) bond motifs is 2. The van der Waals surface area contributed by atoms with Crippen LogP contribution in [0.1, 0.15) is 60.1 Å². The molecule has 1 aliphatic heterocycles. The van der Waals surface area contributed by atoms with Crippen LogP contribution in [0.15, 0.2) is 60.8 Å². The highest BCUT2D eigenvalue weighted by atomic mass is 19.1. The zero-order valence-electron chi connectivity index (χ0n) is 22.2. The van der Waals surface area contributed by atoms with E-state index < -0.39 is 5.60 Å². The maximum atomic E-state index is 13.7. The number of nitrogens with zero attached hydrogens (tertiary/aromatic N) is 2. The van der Waals surface area contributed by atoms with Gasteiger partial charge in [0.15, 0.2) is 0 Å². The molecule has 2 saturated carbocycles. The van der Waals surface area contributed by atoms with E-state index >= 15 is 0 Å². The largest absolute Gasteiger partial charge is 0.490 e. The van der Waals surface area contributed by atoms with E-state index in [1.807, 2.05) is 18.2 Å². The van der Waals surface area contributed by atoms with E-state index in [4.69, 9.17) is 14.5 Å². The topological polar surface area (TPSA) is 93.6 Å². The lowest BCUT2D eigenvalue weighted by molar-refractivity contribution is 0.00950. The molecule has 2 aromatic heterocycles. The third-order valence-electron chi connectivity index (χ3n) is 8.09. The Morgan fingerprint density at radius 1 is 1.15 bits per heavy atom. The number of hydrogen-bond acceptors (Lipinski definition) is 6. The Morgan fingerprint density at radius 2 is 1.95 bits per heavy atom. The number of aliphatic hydroxyl groups is 1. The van der Waals surface area contributed by atoms with Gasteiger partial charge in [-0.1, -0.05) is 13.0 Å². The fourth-order valence-corrected chi connectivity index (χ4v) is 5.46. The van der Waals surface area contributed by atoms with Crippen LogP contribution in [0.3, 0.4) is 0 Å². The SMILES string of the molecule is C[C@@H]1COc2c1cc([C@@](O)(CNC(=O)c1cc(OC3CC3)c3ncccc3c1)C1CC1)nc2-c1ccc(F)cc1. The first kappa shape index (κ1) is 25.0. The number of rotatable bonds is 8. The molecular weight excluding hydrogens is 509 g/mol. The van der Waals surface area contributed by atoms with Gasteiger partial charge in [0.2, 0.25) is 0 Å². The van der Waals surface area contributed by atoms with E-state index in [1.54, 1.807) is 30.5 Å². The van der Waals surface area contributed by atoms with E-state index in [0.717, 1.165) is 42.1 Å². The van der Waals surface area contributed by atoms with Gasteiger partial charge in [-0.2, -0.15) is 0 Å². The van der Waals surface area contributed by atoms with Crippen molar-refractivity contribution in [3.05, 3.63) is 83.4 Å². The monoisotopic (exact) mass is 539 g/mol. The average Bonchev–Trinajstić information content (AvgIpc) is 3.91. The molecule has 2 atom stereocenters. The van der Waals surface area contributed by atoms with Gasteiger partial charge in [-0.3, -0.25) is 9.78 Å². The predicted octanol–water partition coefficient (Wildman–Crippen LogP) is 5.50. The zero-order chi connectivity index (χ0) is 27.4. The lowest BCUT2D eigenvalue weighted by Crippen LogP contribution is -2.43. The van der Waals surface area contributed by atoms with Gasteiger partial charge >= 0.3 is 0 Å². The van der Waals surface area contributed by atoms with Gasteiger partial charge in [0.25, 0.3) is 5.91 Å². The van der Waals surface area contributed by atoms with Crippen LogP contribution in [0.5, 0.6) is 11.5 Å². The first-order valence-corrected chi connectivity index (χ1v) is 13.9. The maximum absolute atomic E-state index is 13.7. The number of carbonyl (C=O) groups is 1. The molecular formula is C32H30FN3O4. The lowest BCUT2D eigenvalue weighted by atomic mass is 9.89. The minimum absolute atomic E-state index is 0.00424. The minimum atomic E-state index is -1.37. The molecule has 8 heteroatoms. The second kappa shape index (κ2) is 9.55. The summed E-state index contributed by atoms with van der Waals surface area (Å²) in [6.45, 7) is 2.58. The van der Waals surface area contributed by atoms with Crippen molar-refractivity contribution in [2.75, 3.05) is 13.2 Å². The second-order valence-corrected chi connectivity index (χ2v) is 11.2. The summed E-state index contributed by atoms with van der Waals surface area (Å²) in [6.07, 6.45) is 5.55. The zero-order valence-corrected chi connectivity index (χ0v) is 22.2. The summed E-state index contributed by atoms with van der Waals surface area (Å²) in [4.78, 5) is 22.8. The highest BCUT2D eigenvalue weighted by Crippen LogP contribution is 2.48. The van der Waals surface area contributed by atoms with E-state index in [9.17, 15) is 14.3 Å². The fraction of sp³-hybridized carbons (Fsp3) is 0.344. The van der Waals surface area contributed by atoms with Gasteiger partial charge in [-0.05, 0) is 80.1 Å². The summed E-state index contributed by atoms with van der Waals surface area (Å²) in [5, 5.41) is 15.9. The molecule has 7 nitrogen and oxygen atoms in total. The highest BCUT2D eigenvalue weighted by molar-refractivity contribution is 6.00. The number of aromatic nitrogens is 2. The molecule has 0 unspecified atom stereocenters. The summed E-state index contributed by atoms with van der Waals surface area (Å²) in [5.41, 5.74) is 2.55. The van der Waals surface area contributed by atoms with Crippen LogP contribution >= 0.6 is 0 Å². The van der Waals surface area contributed by atoms with Gasteiger partial charge in [0.1, 0.15) is 34.1 Å². The third kappa shape index (κ3) is 4.56. The molecule has 204 valence electrons. The molecule has 2 fully saturated rings. The molecule has 40 heavy (non-hydrogen) atoms. The maximum Gasteiger partial charge on any atom is 0.251 e. The summed E-state index contributed by atoms with van der Waals surface area (Å²) in [6, 6.07) is 15.3. The van der Waals surface area contributed by atoms with Crippen LogP contribution < -0.4 is 14.8 Å². The molecule has 2 aromatic carbocycles. The highest BCUT2D eigenvalue weighted by Gasteiger charge is 2.47. The molecule has 2 N–H and O–H groups in total. The van der Waals surface area contributed by atoms with E-state index in [0.29, 0.717) is 40.6 Å². The standard InChI is InChI=1S/C32H30FN3O4/c1-18-16-39-30-25(18)15-27(36-29(30)19-4-8-23(33)9-5-19)32(38,22-6-7-22)17-35-31(37)21-13-20-3-2-12-34-28(20)26(14-21)40-24-10-11-24/h2-5,8-9,12-15,18,22,24,38H,6-7,10-11,16-17H2,1H3,(H,35,37)/t18-,32-/m1/s1. The molecule has 7 rings (SSSR count). The van der Waals surface area contributed by atoms with Crippen molar-refractivity contribution in [2.45, 2.75) is 50.2 Å². The first-order valence-electron chi connectivity index (χ1n) is 13.9. The van der Waals surface area contributed by atoms with Crippen molar-refractivity contribution in [1.29, 1.82) is 0 Å². The normalized spacial score (nSPS) is 19.5. The van der Waals surface area contributed by atoms with Gasteiger partial charge in [-0.25, -0.2) is 9.37 Å². The molecule has 2 aliphatic carbocycles. The Bertz CT molecular complexity index is 1620. The molecule has 3 heterocycles. The van der Waals surface area contributed by atoms with Gasteiger partial charge in [-0.15, -0.1) is 0 Å². The Labute approximate surface area is 231 Å². The quantitative estimate of drug-likeness (QED) is 0.307. The first-order chi connectivity index (χ1) is 19.4. The molecule has 1 amide bonds. The predicted molar refractivity (Wildman–Crippen MR) is 148 cm³/mol. The summed E-state index contributed by atoms with van der Waals surface area (Å²) < 4.78 is 25.7. The number of ether oxygens (including phenoxy) is 2. The van der Waals surface area contributed by atoms with Crippen LogP contribution in [-0.4, -0.2) is 40.2 Å². The summed E-state index contributed by atoms with van der Waals surface area (Å²) in [7, 11) is 0. The molecule has 0 spiro atoms. The Kier molecular flexibility index (Phi) is 5.96. The number of carbonyl (C=O) groups excluding carboxylic acids is 1. The van der Waals surface area contributed by atoms with Crippen LogP contribution in [0.25, 0.3) is 22.2 Å². The van der Waals surface area contributed by atoms with Gasteiger partial charge in [0, 0.05) is 34.2 Å². The third-order valence-corrected chi connectivity index (χ3v) is 8.09. The Hall–Kier alpha value is -4.04. The molecule has 4 aromatic rings. The molecule has 0 bridgehead atoms. The van der Waals surface area contributed by atoms with Gasteiger partial charge < -0.3 is 19.9 Å². The lowest BCUT2D eigenvalue weighted by Gasteiger charge is -2.29. The van der Waals surface area contributed by atoms with Crippen molar-refractivity contribution >= 4 is 16.8 Å². The van der Waals surface area contributed by atoms with Crippen LogP contribution in [0.2, 0.25) is 0 Å². The molecule has 0 radical (unpaired) electrons. The van der Waals surface area contributed by atoms with Crippen molar-refractivity contribution < 1.29 is 23.8 Å². The number of halogens is 1. The summed E-state index contributed by atoms with van der Waals surface area (Å²) >= 11 is 0. The molecule has 3 aliphatic rings. The van der Waals surface area contributed by atoms with Crippen LogP contribution in [0.4, 0.5) is 4.39 Å². The number of hydrogen-bond donors (Lipinski definition) is 2. The van der Waals surface area contributed by atoms with E-state index in [1.165, 1.54) is 12.1 Å². The Balaban J connectivity index is 1.21. The van der Waals surface area contributed by atoms with Crippen molar-refractivity contribution in [2.24, 2.45) is 5.92 Å². The van der Waals surface area contributed by atoms with E-state index in [-0.39, 0.29) is 36.2 Å². The van der Waals surface area contributed by atoms with Crippen LogP contribution in [-0.2, 0) is 5.60 Å². The Morgan fingerprint density at radius 3 is 2.70 bits per heavy atom. The number of pyridine rings is 2. The van der Waals surface area contributed by atoms with Crippen molar-refractivity contribution in [3.8, 4) is 22.8 Å². The number of benzene rings is 2. The minimum Gasteiger partial charge on any atom is -0.490 e. The summed E-state index contributed by atoms with van der Waals surface area (Å²) in [5.74, 6) is 0.705. The number of amides is 1. The smallest absolute Gasteiger partial charge is 0.251 e. The van der Waals surface area contributed by atoms with Crippen molar-refractivity contribution in [3.63, 3.8) is 0 Å². The van der Waals surface area contributed by atoms with E-state index in [2.05, 4.69) is 17.2 Å². The fourth-order valence-electron chi connectivity index (χ4n) is 5.46. The average molecular weight is 540 g/mol. The molecule has 0 saturated heterocycles. The van der Waals surface area contributed by atoms with Crippen molar-refractivity contribution in [1.82, 2.24) is 15.3 Å². The number of nitrogens with one attached hydrogen (secondary N) is 1. The van der Waals surface area contributed by atoms with Gasteiger partial charge in [0.05, 0.1) is 24.9 Å². The second-order valence-electron chi connectivity index (χ2n) is 11.2.